The SMILES string of the molecule is O=C(O)c1ccccc1OCCOCc1ccco1. The van der Waals surface area contributed by atoms with E-state index in [1.165, 1.54) is 6.07 Å². The number of rotatable bonds is 7. The van der Waals surface area contributed by atoms with E-state index in [1.807, 2.05) is 6.07 Å². The van der Waals surface area contributed by atoms with Crippen LogP contribution in [0, 0.1) is 0 Å². The van der Waals surface area contributed by atoms with Gasteiger partial charge in [-0.25, -0.2) is 4.79 Å². The normalized spacial score (nSPS) is 10.3. The Balaban J connectivity index is 1.75. The molecule has 0 aliphatic heterocycles. The summed E-state index contributed by atoms with van der Waals surface area (Å²) in [6, 6.07) is 10.1. The summed E-state index contributed by atoms with van der Waals surface area (Å²) >= 11 is 0. The first-order valence-electron chi connectivity index (χ1n) is 5.82. The summed E-state index contributed by atoms with van der Waals surface area (Å²) in [5.74, 6) is 0.0784. The first-order chi connectivity index (χ1) is 9.27. The van der Waals surface area contributed by atoms with E-state index in [2.05, 4.69) is 0 Å². The Morgan fingerprint density at radius 3 is 2.74 bits per heavy atom. The van der Waals surface area contributed by atoms with Crippen LogP contribution < -0.4 is 4.74 Å². The van der Waals surface area contributed by atoms with Crippen molar-refractivity contribution in [1.29, 1.82) is 0 Å². The van der Waals surface area contributed by atoms with Crippen molar-refractivity contribution in [2.45, 2.75) is 6.61 Å². The van der Waals surface area contributed by atoms with Crippen molar-refractivity contribution in [3.8, 4) is 5.75 Å². The summed E-state index contributed by atoms with van der Waals surface area (Å²) in [6.07, 6.45) is 1.58. The van der Waals surface area contributed by atoms with Gasteiger partial charge in [-0.05, 0) is 24.3 Å². The molecule has 1 aromatic carbocycles. The second-order valence-electron chi connectivity index (χ2n) is 3.78. The van der Waals surface area contributed by atoms with E-state index < -0.39 is 5.97 Å². The van der Waals surface area contributed by atoms with E-state index in [4.69, 9.17) is 19.0 Å². The van der Waals surface area contributed by atoms with Gasteiger partial charge < -0.3 is 19.0 Å². The molecular weight excluding hydrogens is 248 g/mol. The monoisotopic (exact) mass is 262 g/mol. The lowest BCUT2D eigenvalue weighted by atomic mass is 10.2. The van der Waals surface area contributed by atoms with Gasteiger partial charge in [-0.15, -0.1) is 0 Å². The van der Waals surface area contributed by atoms with Gasteiger partial charge in [0.1, 0.15) is 30.3 Å². The number of furan rings is 1. The summed E-state index contributed by atoms with van der Waals surface area (Å²) in [6.45, 7) is 1.01. The number of para-hydroxylation sites is 1. The summed E-state index contributed by atoms with van der Waals surface area (Å²) in [5, 5.41) is 8.97. The number of hydrogen-bond donors (Lipinski definition) is 1. The number of carbonyl (C=O) groups is 1. The molecule has 0 aliphatic rings. The minimum absolute atomic E-state index is 0.147. The van der Waals surface area contributed by atoms with Crippen LogP contribution in [0.3, 0.4) is 0 Å². The highest BCUT2D eigenvalue weighted by molar-refractivity contribution is 5.90. The van der Waals surface area contributed by atoms with Gasteiger partial charge in [0.25, 0.3) is 0 Å². The van der Waals surface area contributed by atoms with Crippen LogP contribution in [0.4, 0.5) is 0 Å². The summed E-state index contributed by atoms with van der Waals surface area (Å²) < 4.78 is 15.8. The van der Waals surface area contributed by atoms with Crippen LogP contribution in [0.25, 0.3) is 0 Å². The van der Waals surface area contributed by atoms with Crippen molar-refractivity contribution in [3.63, 3.8) is 0 Å². The molecule has 1 heterocycles. The molecule has 2 aromatic rings. The molecule has 5 nitrogen and oxygen atoms in total. The Morgan fingerprint density at radius 2 is 2.00 bits per heavy atom. The Morgan fingerprint density at radius 1 is 1.16 bits per heavy atom. The van der Waals surface area contributed by atoms with Crippen LogP contribution in [-0.4, -0.2) is 24.3 Å². The van der Waals surface area contributed by atoms with Crippen molar-refractivity contribution in [2.75, 3.05) is 13.2 Å². The van der Waals surface area contributed by atoms with Gasteiger partial charge in [-0.3, -0.25) is 0 Å². The van der Waals surface area contributed by atoms with E-state index in [-0.39, 0.29) is 12.2 Å². The minimum Gasteiger partial charge on any atom is -0.490 e. The number of hydrogen-bond acceptors (Lipinski definition) is 4. The molecule has 0 saturated heterocycles. The highest BCUT2D eigenvalue weighted by Gasteiger charge is 2.09. The zero-order valence-corrected chi connectivity index (χ0v) is 10.2. The molecule has 19 heavy (non-hydrogen) atoms. The van der Waals surface area contributed by atoms with Crippen molar-refractivity contribution in [3.05, 3.63) is 54.0 Å². The van der Waals surface area contributed by atoms with Crippen molar-refractivity contribution in [1.82, 2.24) is 0 Å². The average Bonchev–Trinajstić information content (AvgIpc) is 2.92. The minimum atomic E-state index is -1.01. The Labute approximate surface area is 110 Å². The van der Waals surface area contributed by atoms with E-state index in [0.717, 1.165) is 5.76 Å². The summed E-state index contributed by atoms with van der Waals surface area (Å²) in [5.41, 5.74) is 0.147. The van der Waals surface area contributed by atoms with E-state index in [9.17, 15) is 4.79 Å². The molecule has 0 bridgehead atoms. The van der Waals surface area contributed by atoms with Gasteiger partial charge in [0.05, 0.1) is 12.9 Å². The highest BCUT2D eigenvalue weighted by atomic mass is 16.5. The third kappa shape index (κ3) is 3.86. The third-order valence-electron chi connectivity index (χ3n) is 2.43. The van der Waals surface area contributed by atoms with Gasteiger partial charge in [0.15, 0.2) is 0 Å². The molecular formula is C14H14O5. The summed E-state index contributed by atoms with van der Waals surface area (Å²) in [4.78, 5) is 10.9. The van der Waals surface area contributed by atoms with Crippen LogP contribution in [0.1, 0.15) is 16.1 Å². The number of aromatic carboxylic acids is 1. The summed E-state index contributed by atoms with van der Waals surface area (Å²) in [7, 11) is 0. The molecule has 0 saturated carbocycles. The van der Waals surface area contributed by atoms with Gasteiger partial charge in [-0.1, -0.05) is 12.1 Å². The second kappa shape index (κ2) is 6.61. The Kier molecular flexibility index (Phi) is 4.58. The lowest BCUT2D eigenvalue weighted by molar-refractivity contribution is 0.0673. The molecule has 1 N–H and O–H groups in total. The maximum Gasteiger partial charge on any atom is 0.339 e. The first-order valence-corrected chi connectivity index (χ1v) is 5.82. The van der Waals surface area contributed by atoms with Gasteiger partial charge in [0.2, 0.25) is 0 Å². The molecule has 0 atom stereocenters. The highest BCUT2D eigenvalue weighted by Crippen LogP contribution is 2.17. The van der Waals surface area contributed by atoms with E-state index in [1.54, 1.807) is 30.5 Å². The lowest BCUT2D eigenvalue weighted by Gasteiger charge is -2.08. The fourth-order valence-electron chi connectivity index (χ4n) is 1.55. The molecule has 0 fully saturated rings. The van der Waals surface area contributed by atoms with Crippen LogP contribution >= 0.6 is 0 Å². The molecule has 0 aliphatic carbocycles. The second-order valence-corrected chi connectivity index (χ2v) is 3.78. The molecule has 0 unspecified atom stereocenters. The predicted molar refractivity (Wildman–Crippen MR) is 67.3 cm³/mol. The zero-order chi connectivity index (χ0) is 13.5. The van der Waals surface area contributed by atoms with Gasteiger partial charge in [-0.2, -0.15) is 0 Å². The quantitative estimate of drug-likeness (QED) is 0.777. The van der Waals surface area contributed by atoms with Crippen LogP contribution in [0.5, 0.6) is 5.75 Å². The maximum atomic E-state index is 10.9. The molecule has 100 valence electrons. The predicted octanol–water partition coefficient (Wildman–Crippen LogP) is 2.57. The number of carboxylic acid groups (broad SMARTS) is 1. The Hall–Kier alpha value is -2.27. The molecule has 0 amide bonds. The number of ether oxygens (including phenoxy) is 2. The van der Waals surface area contributed by atoms with Crippen molar-refractivity contribution < 1.29 is 23.8 Å². The number of benzene rings is 1. The fourth-order valence-corrected chi connectivity index (χ4v) is 1.55. The Bertz CT molecular complexity index is 518. The van der Waals surface area contributed by atoms with Crippen LogP contribution in [0.15, 0.2) is 47.1 Å². The largest absolute Gasteiger partial charge is 0.490 e. The van der Waals surface area contributed by atoms with E-state index >= 15 is 0 Å². The molecule has 5 heteroatoms. The zero-order valence-electron chi connectivity index (χ0n) is 10.2. The van der Waals surface area contributed by atoms with Crippen LogP contribution in [0.2, 0.25) is 0 Å². The lowest BCUT2D eigenvalue weighted by Crippen LogP contribution is -2.09. The fraction of sp³-hybridized carbons (Fsp3) is 0.214. The van der Waals surface area contributed by atoms with Crippen LogP contribution in [-0.2, 0) is 11.3 Å². The third-order valence-corrected chi connectivity index (χ3v) is 2.43. The molecule has 2 rings (SSSR count). The van der Waals surface area contributed by atoms with Crippen molar-refractivity contribution in [2.24, 2.45) is 0 Å². The maximum absolute atomic E-state index is 10.9. The van der Waals surface area contributed by atoms with E-state index in [0.29, 0.717) is 19.0 Å². The van der Waals surface area contributed by atoms with Gasteiger partial charge in [0, 0.05) is 0 Å². The first kappa shape index (κ1) is 13.2. The van der Waals surface area contributed by atoms with Crippen molar-refractivity contribution >= 4 is 5.97 Å². The topological polar surface area (TPSA) is 68.9 Å². The smallest absolute Gasteiger partial charge is 0.339 e. The molecule has 0 radical (unpaired) electrons. The average molecular weight is 262 g/mol. The van der Waals surface area contributed by atoms with Gasteiger partial charge >= 0.3 is 5.97 Å². The standard InChI is InChI=1S/C14H14O5/c15-14(16)12-5-1-2-6-13(12)19-9-8-17-10-11-4-3-7-18-11/h1-7H,8-10H2,(H,15,16). The molecule has 1 aromatic heterocycles. The number of carboxylic acids is 1. The molecule has 0 spiro atoms.